The van der Waals surface area contributed by atoms with Gasteiger partial charge in [-0.25, -0.2) is 0 Å². The minimum atomic E-state index is 0.701. The van der Waals surface area contributed by atoms with E-state index in [1.165, 1.54) is 45.3 Å². The van der Waals surface area contributed by atoms with Gasteiger partial charge in [0.15, 0.2) is 0 Å². The molecule has 108 valence electrons. The van der Waals surface area contributed by atoms with E-state index in [0.29, 0.717) is 6.04 Å². The Morgan fingerprint density at radius 3 is 2.50 bits per heavy atom. The van der Waals surface area contributed by atoms with Crippen molar-refractivity contribution >= 4 is 0 Å². The van der Waals surface area contributed by atoms with E-state index < -0.39 is 0 Å². The Bertz CT molecular complexity index is 217. The Morgan fingerprint density at radius 1 is 1.22 bits per heavy atom. The van der Waals surface area contributed by atoms with E-state index in [4.69, 9.17) is 0 Å². The molecular formula is C16H34N2. The van der Waals surface area contributed by atoms with Crippen molar-refractivity contribution in [1.82, 2.24) is 10.2 Å². The van der Waals surface area contributed by atoms with Crippen LogP contribution in [0.5, 0.6) is 0 Å². The predicted molar refractivity (Wildman–Crippen MR) is 81.0 cm³/mol. The zero-order valence-corrected chi connectivity index (χ0v) is 13.2. The standard InChI is InChI=1S/C16H34N2/c1-6-9-13(4)11-18-12-16(14(5)7-2)17-10-15(18)8-3/h13-17H,6-12H2,1-5H3. The van der Waals surface area contributed by atoms with E-state index in [1.54, 1.807) is 0 Å². The van der Waals surface area contributed by atoms with Crippen LogP contribution >= 0.6 is 0 Å². The van der Waals surface area contributed by atoms with Crippen LogP contribution in [0.3, 0.4) is 0 Å². The number of nitrogens with zero attached hydrogens (tertiary/aromatic N) is 1. The number of hydrogen-bond acceptors (Lipinski definition) is 2. The highest BCUT2D eigenvalue weighted by Gasteiger charge is 2.29. The number of rotatable bonds is 7. The fraction of sp³-hybridized carbons (Fsp3) is 1.00. The van der Waals surface area contributed by atoms with Crippen molar-refractivity contribution in [2.24, 2.45) is 11.8 Å². The molecule has 18 heavy (non-hydrogen) atoms. The summed E-state index contributed by atoms with van der Waals surface area (Å²) in [5, 5.41) is 3.76. The van der Waals surface area contributed by atoms with Crippen molar-refractivity contribution in [3.8, 4) is 0 Å². The van der Waals surface area contributed by atoms with Crippen LogP contribution in [0.1, 0.15) is 60.3 Å². The highest BCUT2D eigenvalue weighted by Crippen LogP contribution is 2.19. The molecule has 1 fully saturated rings. The van der Waals surface area contributed by atoms with Gasteiger partial charge in [0, 0.05) is 31.7 Å². The van der Waals surface area contributed by atoms with Crippen LogP contribution in [0.2, 0.25) is 0 Å². The minimum absolute atomic E-state index is 0.701. The Hall–Kier alpha value is -0.0800. The van der Waals surface area contributed by atoms with Crippen LogP contribution < -0.4 is 5.32 Å². The summed E-state index contributed by atoms with van der Waals surface area (Å²) >= 11 is 0. The first-order chi connectivity index (χ1) is 8.62. The molecule has 0 aromatic rings. The zero-order valence-electron chi connectivity index (χ0n) is 13.2. The maximum atomic E-state index is 3.76. The largest absolute Gasteiger partial charge is 0.311 e. The topological polar surface area (TPSA) is 15.3 Å². The van der Waals surface area contributed by atoms with Crippen molar-refractivity contribution in [2.75, 3.05) is 19.6 Å². The molecule has 0 aromatic carbocycles. The summed E-state index contributed by atoms with van der Waals surface area (Å²) in [7, 11) is 0. The third-order valence-corrected chi connectivity index (χ3v) is 4.69. The molecule has 1 aliphatic rings. The molecule has 2 nitrogen and oxygen atoms in total. The first kappa shape index (κ1) is 16.0. The normalized spacial score (nSPS) is 29.2. The van der Waals surface area contributed by atoms with E-state index in [2.05, 4.69) is 44.8 Å². The van der Waals surface area contributed by atoms with Crippen molar-refractivity contribution in [3.05, 3.63) is 0 Å². The van der Waals surface area contributed by atoms with Crippen LogP contribution in [-0.2, 0) is 0 Å². The summed E-state index contributed by atoms with van der Waals surface area (Å²) in [6.45, 7) is 15.5. The van der Waals surface area contributed by atoms with Gasteiger partial charge in [-0.2, -0.15) is 0 Å². The van der Waals surface area contributed by atoms with Gasteiger partial charge in [0.25, 0.3) is 0 Å². The molecule has 1 aliphatic heterocycles. The smallest absolute Gasteiger partial charge is 0.0221 e. The molecule has 0 bridgehead atoms. The van der Waals surface area contributed by atoms with Crippen molar-refractivity contribution < 1.29 is 0 Å². The minimum Gasteiger partial charge on any atom is -0.311 e. The summed E-state index contributed by atoms with van der Waals surface area (Å²) < 4.78 is 0. The van der Waals surface area contributed by atoms with E-state index in [-0.39, 0.29) is 0 Å². The number of hydrogen-bond donors (Lipinski definition) is 1. The summed E-state index contributed by atoms with van der Waals surface area (Å²) in [6, 6.07) is 1.45. The maximum Gasteiger partial charge on any atom is 0.0221 e. The van der Waals surface area contributed by atoms with Gasteiger partial charge in [0.05, 0.1) is 0 Å². The molecule has 2 heteroatoms. The molecule has 0 aromatic heterocycles. The lowest BCUT2D eigenvalue weighted by Gasteiger charge is -2.43. The Morgan fingerprint density at radius 2 is 1.94 bits per heavy atom. The first-order valence-electron chi connectivity index (χ1n) is 8.09. The SMILES string of the molecule is CCCC(C)CN1CC(C(C)CC)NCC1CC. The van der Waals surface area contributed by atoms with Gasteiger partial charge in [-0.3, -0.25) is 4.90 Å². The molecule has 1 rings (SSSR count). The fourth-order valence-corrected chi connectivity index (χ4v) is 3.16. The monoisotopic (exact) mass is 254 g/mol. The molecule has 4 atom stereocenters. The molecule has 0 saturated carbocycles. The second-order valence-electron chi connectivity index (χ2n) is 6.31. The number of piperazine rings is 1. The van der Waals surface area contributed by atoms with Crippen molar-refractivity contribution in [3.63, 3.8) is 0 Å². The van der Waals surface area contributed by atoms with E-state index in [9.17, 15) is 0 Å². The average molecular weight is 254 g/mol. The van der Waals surface area contributed by atoms with E-state index in [0.717, 1.165) is 17.9 Å². The highest BCUT2D eigenvalue weighted by molar-refractivity contribution is 4.88. The van der Waals surface area contributed by atoms with Gasteiger partial charge in [-0.15, -0.1) is 0 Å². The molecule has 0 amide bonds. The predicted octanol–water partition coefficient (Wildman–Crippen LogP) is 3.52. The molecular weight excluding hydrogens is 220 g/mol. The second kappa shape index (κ2) is 8.16. The van der Waals surface area contributed by atoms with E-state index >= 15 is 0 Å². The van der Waals surface area contributed by atoms with Gasteiger partial charge in [-0.05, 0) is 24.7 Å². The fourth-order valence-electron chi connectivity index (χ4n) is 3.16. The highest BCUT2D eigenvalue weighted by atomic mass is 15.2. The quantitative estimate of drug-likeness (QED) is 0.748. The third-order valence-electron chi connectivity index (χ3n) is 4.69. The second-order valence-corrected chi connectivity index (χ2v) is 6.31. The number of nitrogens with one attached hydrogen (secondary N) is 1. The first-order valence-corrected chi connectivity index (χ1v) is 8.09. The van der Waals surface area contributed by atoms with Crippen molar-refractivity contribution in [1.29, 1.82) is 0 Å². The Kier molecular flexibility index (Phi) is 7.25. The van der Waals surface area contributed by atoms with Crippen LogP contribution in [-0.4, -0.2) is 36.6 Å². The van der Waals surface area contributed by atoms with Gasteiger partial charge < -0.3 is 5.32 Å². The van der Waals surface area contributed by atoms with Crippen LogP contribution in [0.4, 0.5) is 0 Å². The van der Waals surface area contributed by atoms with Crippen molar-refractivity contribution in [2.45, 2.75) is 72.4 Å². The molecule has 1 N–H and O–H groups in total. The average Bonchev–Trinajstić information content (AvgIpc) is 2.38. The van der Waals surface area contributed by atoms with Gasteiger partial charge in [0.1, 0.15) is 0 Å². The van der Waals surface area contributed by atoms with Gasteiger partial charge >= 0.3 is 0 Å². The molecule has 0 aliphatic carbocycles. The Balaban J connectivity index is 2.53. The van der Waals surface area contributed by atoms with Crippen LogP contribution in [0, 0.1) is 11.8 Å². The maximum absolute atomic E-state index is 3.76. The lowest BCUT2D eigenvalue weighted by atomic mass is 9.93. The molecule has 1 saturated heterocycles. The molecule has 4 unspecified atom stereocenters. The molecule has 0 radical (unpaired) electrons. The van der Waals surface area contributed by atoms with Gasteiger partial charge in [-0.1, -0.05) is 47.5 Å². The summed E-state index contributed by atoms with van der Waals surface area (Å²) in [5.41, 5.74) is 0. The Labute approximate surface area is 115 Å². The third kappa shape index (κ3) is 4.55. The van der Waals surface area contributed by atoms with Crippen LogP contribution in [0.25, 0.3) is 0 Å². The summed E-state index contributed by atoms with van der Waals surface area (Å²) in [4.78, 5) is 2.76. The zero-order chi connectivity index (χ0) is 13.5. The molecule has 0 spiro atoms. The molecule has 1 heterocycles. The summed E-state index contributed by atoms with van der Waals surface area (Å²) in [6.07, 6.45) is 5.25. The lowest BCUT2D eigenvalue weighted by molar-refractivity contribution is 0.0904. The van der Waals surface area contributed by atoms with Crippen LogP contribution in [0.15, 0.2) is 0 Å². The lowest BCUT2D eigenvalue weighted by Crippen LogP contribution is -2.58. The van der Waals surface area contributed by atoms with Gasteiger partial charge in [0.2, 0.25) is 0 Å². The van der Waals surface area contributed by atoms with E-state index in [1.807, 2.05) is 0 Å². The summed E-state index contributed by atoms with van der Waals surface area (Å²) in [5.74, 6) is 1.64.